The predicted octanol–water partition coefficient (Wildman–Crippen LogP) is 1.86. The molecule has 1 heterocycles. The summed E-state index contributed by atoms with van der Waals surface area (Å²) in [7, 11) is 1.95. The summed E-state index contributed by atoms with van der Waals surface area (Å²) in [5.74, 6) is -0.253. The van der Waals surface area contributed by atoms with Crippen LogP contribution in [-0.4, -0.2) is 36.1 Å². The molecular formula is C19H27N4O2S+. The van der Waals surface area contributed by atoms with E-state index in [1.54, 1.807) is 11.3 Å². The zero-order chi connectivity index (χ0) is 18.5. The number of imide groups is 1. The number of quaternary nitrogens is 1. The van der Waals surface area contributed by atoms with Crippen LogP contribution in [-0.2, 0) is 11.3 Å². The first kappa shape index (κ1) is 18.8. The summed E-state index contributed by atoms with van der Waals surface area (Å²) < 4.78 is 1.15. The van der Waals surface area contributed by atoms with E-state index in [9.17, 15) is 9.59 Å². The van der Waals surface area contributed by atoms with Gasteiger partial charge in [0, 0.05) is 6.04 Å². The molecule has 7 heteroatoms. The highest BCUT2D eigenvalue weighted by Gasteiger charge is 2.25. The highest BCUT2D eigenvalue weighted by atomic mass is 32.1. The number of aromatic nitrogens is 1. The number of carbonyl (C=O) groups excluding carboxylic acids is 2. The lowest BCUT2D eigenvalue weighted by atomic mass is 9.96. The normalized spacial score (nSPS) is 17.6. The molecule has 1 fully saturated rings. The van der Waals surface area contributed by atoms with E-state index in [0.717, 1.165) is 45.8 Å². The molecule has 3 amide bonds. The van der Waals surface area contributed by atoms with Crippen molar-refractivity contribution >= 4 is 33.5 Å². The molecule has 1 aromatic carbocycles. The fourth-order valence-corrected chi connectivity index (χ4v) is 4.36. The number of urea groups is 1. The van der Waals surface area contributed by atoms with Crippen molar-refractivity contribution in [3.05, 3.63) is 29.3 Å². The van der Waals surface area contributed by atoms with E-state index >= 15 is 0 Å². The Labute approximate surface area is 158 Å². The molecule has 0 bridgehead atoms. The minimum absolute atomic E-state index is 0.194. The van der Waals surface area contributed by atoms with E-state index in [0.29, 0.717) is 6.54 Å². The second-order valence-electron chi connectivity index (χ2n) is 7.12. The van der Waals surface area contributed by atoms with Gasteiger partial charge in [-0.05, 0) is 31.9 Å². The average Bonchev–Trinajstić information content (AvgIpc) is 3.03. The molecule has 140 valence electrons. The summed E-state index contributed by atoms with van der Waals surface area (Å²) in [6, 6.07) is 7.51. The Morgan fingerprint density at radius 3 is 2.73 bits per heavy atom. The number of rotatable bonds is 5. The standard InChI is InChI=1S/C19H26N4O2S/c1-13(18(24)22-19(25)20-14-8-4-3-5-9-14)23(2)12-17-21-15-10-6-7-11-16(15)26-17/h6-7,10-11,13-14H,3-5,8-9,12H2,1-2H3,(H2,20,22,24,25)/p+1/t13-/m1/s1. The molecule has 3 rings (SSSR count). The maximum Gasteiger partial charge on any atom is 0.321 e. The zero-order valence-corrected chi connectivity index (χ0v) is 16.2. The number of nitrogens with one attached hydrogen (secondary N) is 3. The number of carbonyl (C=O) groups is 2. The van der Waals surface area contributed by atoms with Crippen LogP contribution in [0.25, 0.3) is 10.2 Å². The van der Waals surface area contributed by atoms with Gasteiger partial charge in [0.15, 0.2) is 6.04 Å². The fraction of sp³-hybridized carbons (Fsp3) is 0.526. The lowest BCUT2D eigenvalue weighted by Crippen LogP contribution is -3.12. The molecule has 0 radical (unpaired) electrons. The van der Waals surface area contributed by atoms with E-state index in [2.05, 4.69) is 21.7 Å². The van der Waals surface area contributed by atoms with Crippen LogP contribution in [0.5, 0.6) is 0 Å². The van der Waals surface area contributed by atoms with Gasteiger partial charge in [-0.2, -0.15) is 0 Å². The average molecular weight is 376 g/mol. The first-order chi connectivity index (χ1) is 12.5. The third kappa shape index (κ3) is 4.80. The quantitative estimate of drug-likeness (QED) is 0.747. The van der Waals surface area contributed by atoms with Crippen molar-refractivity contribution in [2.24, 2.45) is 0 Å². The molecule has 0 spiro atoms. The van der Waals surface area contributed by atoms with Crippen LogP contribution in [0.3, 0.4) is 0 Å². The van der Waals surface area contributed by atoms with Gasteiger partial charge in [-0.3, -0.25) is 10.1 Å². The Hall–Kier alpha value is -1.99. The highest BCUT2D eigenvalue weighted by molar-refractivity contribution is 7.18. The van der Waals surface area contributed by atoms with Crippen molar-refractivity contribution in [1.29, 1.82) is 0 Å². The molecule has 2 aromatic rings. The Balaban J connectivity index is 1.50. The lowest BCUT2D eigenvalue weighted by Gasteiger charge is -2.24. The molecule has 1 aliphatic carbocycles. The van der Waals surface area contributed by atoms with Gasteiger partial charge in [0.05, 0.1) is 17.3 Å². The van der Waals surface area contributed by atoms with Crippen LogP contribution in [0.4, 0.5) is 4.79 Å². The molecule has 1 aromatic heterocycles. The number of thiazole rings is 1. The summed E-state index contributed by atoms with van der Waals surface area (Å²) >= 11 is 1.65. The Morgan fingerprint density at radius 1 is 1.27 bits per heavy atom. The Morgan fingerprint density at radius 2 is 2.00 bits per heavy atom. The van der Waals surface area contributed by atoms with Crippen molar-refractivity contribution in [2.75, 3.05) is 7.05 Å². The van der Waals surface area contributed by atoms with E-state index in [-0.39, 0.29) is 24.0 Å². The van der Waals surface area contributed by atoms with Crippen LogP contribution in [0.1, 0.15) is 44.0 Å². The Kier molecular flexibility index (Phi) is 6.21. The maximum absolute atomic E-state index is 12.4. The number of amides is 3. The number of benzene rings is 1. The summed E-state index contributed by atoms with van der Waals surface area (Å²) in [5.41, 5.74) is 0.990. The van der Waals surface area contributed by atoms with Gasteiger partial charge in [0.1, 0.15) is 11.6 Å². The lowest BCUT2D eigenvalue weighted by molar-refractivity contribution is -0.908. The largest absolute Gasteiger partial charge is 0.335 e. The third-order valence-electron chi connectivity index (χ3n) is 5.08. The summed E-state index contributed by atoms with van der Waals surface area (Å²) in [6.45, 7) is 2.49. The van der Waals surface area contributed by atoms with Gasteiger partial charge in [0.25, 0.3) is 5.91 Å². The number of fused-ring (bicyclic) bond motifs is 1. The molecule has 3 N–H and O–H groups in total. The van der Waals surface area contributed by atoms with Gasteiger partial charge >= 0.3 is 6.03 Å². The predicted molar refractivity (Wildman–Crippen MR) is 103 cm³/mol. The fourth-order valence-electron chi connectivity index (χ4n) is 3.30. The van der Waals surface area contributed by atoms with Crippen molar-refractivity contribution in [3.8, 4) is 0 Å². The third-order valence-corrected chi connectivity index (χ3v) is 6.11. The summed E-state index contributed by atoms with van der Waals surface area (Å²) in [4.78, 5) is 30.1. The minimum atomic E-state index is -0.374. The van der Waals surface area contributed by atoms with Crippen molar-refractivity contribution < 1.29 is 14.5 Å². The molecule has 26 heavy (non-hydrogen) atoms. The second-order valence-corrected chi connectivity index (χ2v) is 8.23. The molecule has 1 aliphatic rings. The van der Waals surface area contributed by atoms with E-state index in [1.807, 2.05) is 32.2 Å². The molecule has 0 saturated heterocycles. The summed E-state index contributed by atoms with van der Waals surface area (Å²) in [6.07, 6.45) is 5.52. The van der Waals surface area contributed by atoms with E-state index in [4.69, 9.17) is 0 Å². The van der Waals surface area contributed by atoms with Crippen LogP contribution >= 0.6 is 11.3 Å². The van der Waals surface area contributed by atoms with Gasteiger partial charge in [-0.25, -0.2) is 9.78 Å². The topological polar surface area (TPSA) is 75.5 Å². The van der Waals surface area contributed by atoms with Crippen LogP contribution in [0.2, 0.25) is 0 Å². The van der Waals surface area contributed by atoms with Gasteiger partial charge in [0.2, 0.25) is 0 Å². The van der Waals surface area contributed by atoms with Crippen LogP contribution in [0.15, 0.2) is 24.3 Å². The molecule has 1 unspecified atom stereocenters. The molecule has 2 atom stereocenters. The minimum Gasteiger partial charge on any atom is -0.335 e. The second kappa shape index (κ2) is 8.60. The van der Waals surface area contributed by atoms with Crippen molar-refractivity contribution in [1.82, 2.24) is 15.6 Å². The number of hydrogen-bond acceptors (Lipinski definition) is 4. The Bertz CT molecular complexity index is 737. The van der Waals surface area contributed by atoms with Gasteiger partial charge in [-0.1, -0.05) is 31.4 Å². The molecular weight excluding hydrogens is 348 g/mol. The van der Waals surface area contributed by atoms with Gasteiger partial charge in [-0.15, -0.1) is 11.3 Å². The van der Waals surface area contributed by atoms with Gasteiger partial charge < -0.3 is 10.2 Å². The molecule has 1 saturated carbocycles. The monoisotopic (exact) mass is 375 g/mol. The van der Waals surface area contributed by atoms with Crippen molar-refractivity contribution in [2.45, 2.75) is 57.7 Å². The number of likely N-dealkylation sites (N-methyl/N-ethyl adjacent to an activating group) is 1. The molecule has 0 aliphatic heterocycles. The van der Waals surface area contributed by atoms with E-state index in [1.165, 1.54) is 6.42 Å². The highest BCUT2D eigenvalue weighted by Crippen LogP contribution is 2.20. The zero-order valence-electron chi connectivity index (χ0n) is 15.4. The SMILES string of the molecule is C[C@H](C(=O)NC(=O)NC1CCCCC1)[NH+](C)Cc1nc2ccccc2s1. The smallest absolute Gasteiger partial charge is 0.321 e. The maximum atomic E-state index is 12.4. The van der Waals surface area contributed by atoms with E-state index < -0.39 is 0 Å². The van der Waals surface area contributed by atoms with Crippen LogP contribution in [0, 0.1) is 0 Å². The van der Waals surface area contributed by atoms with Crippen molar-refractivity contribution in [3.63, 3.8) is 0 Å². The first-order valence-electron chi connectivity index (χ1n) is 9.31. The first-order valence-corrected chi connectivity index (χ1v) is 10.1. The summed E-state index contributed by atoms with van der Waals surface area (Å²) in [5, 5.41) is 6.41. The number of nitrogens with zero attached hydrogens (tertiary/aromatic N) is 1. The van der Waals surface area contributed by atoms with Crippen LogP contribution < -0.4 is 15.5 Å². The number of hydrogen-bond donors (Lipinski definition) is 3. The molecule has 6 nitrogen and oxygen atoms in total. The number of para-hydroxylation sites is 1.